The van der Waals surface area contributed by atoms with Gasteiger partial charge in [-0.05, 0) is 116 Å². The number of fused-ring (bicyclic) bond motifs is 6. The number of halogens is 1. The molecule has 0 N–H and O–H groups in total. The van der Waals surface area contributed by atoms with Crippen LogP contribution < -0.4 is 0 Å². The third-order valence-electron chi connectivity index (χ3n) is 12.3. The van der Waals surface area contributed by atoms with Crippen LogP contribution in [-0.2, 0) is 10.8 Å². The molecular formula is C57H46FN3. The van der Waals surface area contributed by atoms with E-state index >= 15 is 4.39 Å². The summed E-state index contributed by atoms with van der Waals surface area (Å²) in [7, 11) is 0. The summed E-state index contributed by atoms with van der Waals surface area (Å²) in [4.78, 5) is 0. The zero-order chi connectivity index (χ0) is 42.2. The molecular weight excluding hydrogens is 746 g/mol. The molecule has 296 valence electrons. The molecule has 8 aromatic carbocycles. The molecule has 0 unspecified atom stereocenters. The Bertz CT molecular complexity index is 3170. The molecule has 2 heterocycles. The van der Waals surface area contributed by atoms with Gasteiger partial charge >= 0.3 is 0 Å². The van der Waals surface area contributed by atoms with Gasteiger partial charge in [-0.15, -0.1) is 0 Å². The quantitative estimate of drug-likeness (QED) is 0.171. The summed E-state index contributed by atoms with van der Waals surface area (Å²) in [6, 6.07) is 60.9. The molecule has 0 aliphatic heterocycles. The maximum atomic E-state index is 18.6. The van der Waals surface area contributed by atoms with Crippen LogP contribution in [0.5, 0.6) is 0 Å². The summed E-state index contributed by atoms with van der Waals surface area (Å²) in [5, 5.41) is 14.0. The van der Waals surface area contributed by atoms with Crippen molar-refractivity contribution in [2.45, 2.75) is 52.4 Å². The number of rotatable bonds is 5. The fraction of sp³-hybridized carbons (Fsp3) is 0.140. The van der Waals surface area contributed by atoms with E-state index in [2.05, 4.69) is 178 Å². The first-order valence-corrected chi connectivity index (χ1v) is 21.0. The van der Waals surface area contributed by atoms with Gasteiger partial charge in [-0.3, -0.25) is 0 Å². The molecule has 3 nitrogen and oxygen atoms in total. The van der Waals surface area contributed by atoms with Crippen LogP contribution in [0.4, 0.5) is 4.39 Å². The molecule has 10 aromatic rings. The van der Waals surface area contributed by atoms with E-state index in [1.807, 2.05) is 48.5 Å². The van der Waals surface area contributed by atoms with Gasteiger partial charge in [-0.2, -0.15) is 5.26 Å². The Morgan fingerprint density at radius 3 is 1.21 bits per heavy atom. The summed E-state index contributed by atoms with van der Waals surface area (Å²) in [6.07, 6.45) is 0. The Balaban J connectivity index is 1.34. The molecule has 0 saturated heterocycles. The second kappa shape index (κ2) is 14.2. The maximum Gasteiger partial charge on any atom is 0.171 e. The molecule has 0 radical (unpaired) electrons. The van der Waals surface area contributed by atoms with Gasteiger partial charge in [0.05, 0.1) is 45.1 Å². The number of benzene rings is 8. The summed E-state index contributed by atoms with van der Waals surface area (Å²) in [5.41, 5.74) is 13.5. The molecule has 0 aliphatic carbocycles. The molecule has 0 saturated carbocycles. The Hall–Kier alpha value is -7.22. The fourth-order valence-corrected chi connectivity index (χ4v) is 8.94. The minimum absolute atomic E-state index is 0.0808. The average molecular weight is 792 g/mol. The minimum atomic E-state index is -0.329. The van der Waals surface area contributed by atoms with Crippen molar-refractivity contribution in [1.82, 2.24) is 9.13 Å². The molecule has 2 aromatic heterocycles. The van der Waals surface area contributed by atoms with E-state index in [1.54, 1.807) is 0 Å². The highest BCUT2D eigenvalue weighted by Crippen LogP contribution is 2.43. The molecule has 10 rings (SSSR count). The van der Waals surface area contributed by atoms with Crippen LogP contribution in [-0.4, -0.2) is 9.13 Å². The topological polar surface area (TPSA) is 33.6 Å². The number of aromatic nitrogens is 2. The van der Waals surface area contributed by atoms with Crippen molar-refractivity contribution in [3.05, 3.63) is 192 Å². The van der Waals surface area contributed by atoms with Crippen LogP contribution in [0.25, 0.3) is 88.4 Å². The lowest BCUT2D eigenvalue weighted by molar-refractivity contribution is 0.591. The molecule has 0 atom stereocenters. The van der Waals surface area contributed by atoms with E-state index in [1.165, 1.54) is 11.1 Å². The Kier molecular flexibility index (Phi) is 8.86. The lowest BCUT2D eigenvalue weighted by Gasteiger charge is -2.20. The van der Waals surface area contributed by atoms with Gasteiger partial charge in [0.25, 0.3) is 0 Å². The van der Waals surface area contributed by atoms with Crippen LogP contribution in [0.1, 0.15) is 58.2 Å². The van der Waals surface area contributed by atoms with Crippen LogP contribution >= 0.6 is 0 Å². The van der Waals surface area contributed by atoms with Gasteiger partial charge in [-0.1, -0.05) is 151 Å². The van der Waals surface area contributed by atoms with E-state index in [-0.39, 0.29) is 16.6 Å². The van der Waals surface area contributed by atoms with Crippen LogP contribution in [0.2, 0.25) is 0 Å². The second-order valence-corrected chi connectivity index (χ2v) is 18.3. The first-order valence-electron chi connectivity index (χ1n) is 21.0. The molecule has 0 bridgehead atoms. The molecule has 0 fully saturated rings. The molecule has 0 amide bonds. The van der Waals surface area contributed by atoms with Gasteiger partial charge < -0.3 is 9.13 Å². The van der Waals surface area contributed by atoms with Crippen molar-refractivity contribution in [1.29, 1.82) is 5.26 Å². The predicted molar refractivity (Wildman–Crippen MR) is 254 cm³/mol. The van der Waals surface area contributed by atoms with E-state index in [4.69, 9.17) is 0 Å². The maximum absolute atomic E-state index is 18.6. The van der Waals surface area contributed by atoms with Gasteiger partial charge in [0.1, 0.15) is 0 Å². The Morgan fingerprint density at radius 1 is 0.393 bits per heavy atom. The van der Waals surface area contributed by atoms with E-state index in [0.29, 0.717) is 16.9 Å². The zero-order valence-electron chi connectivity index (χ0n) is 35.4. The van der Waals surface area contributed by atoms with Crippen LogP contribution in [0, 0.1) is 17.1 Å². The monoisotopic (exact) mass is 791 g/mol. The largest absolute Gasteiger partial charge is 0.306 e. The molecule has 4 heteroatoms. The summed E-state index contributed by atoms with van der Waals surface area (Å²) in [6.45, 7) is 13.4. The molecule has 61 heavy (non-hydrogen) atoms. The van der Waals surface area contributed by atoms with Gasteiger partial charge in [0, 0.05) is 21.5 Å². The highest BCUT2D eigenvalue weighted by Gasteiger charge is 2.25. The van der Waals surface area contributed by atoms with Gasteiger partial charge in [0.15, 0.2) is 5.82 Å². The third-order valence-corrected chi connectivity index (χ3v) is 12.3. The predicted octanol–water partition coefficient (Wildman–Crippen LogP) is 15.5. The lowest BCUT2D eigenvalue weighted by Crippen LogP contribution is -2.11. The Morgan fingerprint density at radius 2 is 0.803 bits per heavy atom. The van der Waals surface area contributed by atoms with E-state index in [9.17, 15) is 5.26 Å². The number of hydrogen-bond acceptors (Lipinski definition) is 1. The first-order chi connectivity index (χ1) is 29.4. The third kappa shape index (κ3) is 6.49. The average Bonchev–Trinajstić information content (AvgIpc) is 3.77. The van der Waals surface area contributed by atoms with E-state index in [0.717, 1.165) is 77.0 Å². The van der Waals surface area contributed by atoms with Crippen molar-refractivity contribution < 1.29 is 4.39 Å². The summed E-state index contributed by atoms with van der Waals surface area (Å²) < 4.78 is 22.9. The van der Waals surface area contributed by atoms with Crippen molar-refractivity contribution in [2.75, 3.05) is 0 Å². The second-order valence-electron chi connectivity index (χ2n) is 18.3. The smallest absolute Gasteiger partial charge is 0.171 e. The molecule has 0 aliphatic rings. The number of hydrogen-bond donors (Lipinski definition) is 0. The SMILES string of the molecule is CC(C)(C)c1ccc2c(c1)c1ccc(-c3ccccc3)cc1n2-c1cc(-c2ccc(C#N)cc2)cc(-n2c3ccc(C(C)(C)C)cc3c3ccc(-c4ccccc4)cc32)c1F. The normalized spacial score (nSPS) is 12.2. The van der Waals surface area contributed by atoms with Crippen molar-refractivity contribution in [3.63, 3.8) is 0 Å². The number of nitriles is 1. The van der Waals surface area contributed by atoms with Crippen molar-refractivity contribution in [3.8, 4) is 50.8 Å². The molecule has 0 spiro atoms. The lowest BCUT2D eigenvalue weighted by atomic mass is 9.86. The zero-order valence-corrected chi connectivity index (χ0v) is 35.4. The van der Waals surface area contributed by atoms with E-state index < -0.39 is 0 Å². The number of nitrogens with zero attached hydrogens (tertiary/aromatic N) is 3. The summed E-state index contributed by atoms with van der Waals surface area (Å²) in [5.74, 6) is -0.329. The fourth-order valence-electron chi connectivity index (χ4n) is 8.94. The van der Waals surface area contributed by atoms with Crippen molar-refractivity contribution >= 4 is 43.6 Å². The Labute approximate surface area is 356 Å². The minimum Gasteiger partial charge on any atom is -0.306 e. The van der Waals surface area contributed by atoms with Crippen molar-refractivity contribution in [2.24, 2.45) is 0 Å². The van der Waals surface area contributed by atoms with Crippen LogP contribution in [0.15, 0.2) is 170 Å². The highest BCUT2D eigenvalue weighted by atomic mass is 19.1. The van der Waals surface area contributed by atoms with Crippen LogP contribution in [0.3, 0.4) is 0 Å². The van der Waals surface area contributed by atoms with Gasteiger partial charge in [-0.25, -0.2) is 4.39 Å². The highest BCUT2D eigenvalue weighted by molar-refractivity contribution is 6.12. The standard InChI is InChI=1S/C57H46FN3/c1-56(2,3)43-23-27-49-47(33-43)45-25-21-40(37-13-9-7-10-14-37)29-51(45)60(49)53-31-42(39-19-17-36(35-59)18-20-39)32-54(55(53)58)61-50-28-24-44(57(4,5)6)34-48(50)46-26-22-41(30-52(46)61)38-15-11-8-12-16-38/h7-34H,1-6H3. The summed E-state index contributed by atoms with van der Waals surface area (Å²) >= 11 is 0. The van der Waals surface area contributed by atoms with Gasteiger partial charge in [0.2, 0.25) is 0 Å². The first kappa shape index (κ1) is 38.0.